The molecule has 21 rings (SSSR count). The standard InChI is InChI=1S/C54H40N2.C40H25N11/c1-53(2)45-21-13-11-19-37(45)39-25-23-35(29-47(39)53)49-31-43(33-15-7-5-8-16-33)41-27-28-42-44(34-17-9-6-10-18-34)32-50(56-52(42)51(41)55-49)36-24-26-40-38-20-12-14-22-46(38)54(3,4)48(40)30-36;1-4-10-25(11-5-1)31-32(47-34-33(31)41-16-17-42-34)26-22-27(37-48-35-39(45-20-18-43-35)50(37)29-12-6-2-7-13-29)24-28(23-26)38-49-36-40(46-21-19-44-36)51(38)30-14-8-3-9-15-30/h5-32H,1-4H3;1-24,31H. The second kappa shape index (κ2) is 24.9. The molecule has 1 aliphatic heterocycles. The molecule has 7 aromatic heterocycles. The van der Waals surface area contributed by atoms with Gasteiger partial charge in [0, 0.05) is 92.4 Å². The van der Waals surface area contributed by atoms with Crippen LogP contribution in [0.3, 0.4) is 0 Å². The average molecular weight is 1380 g/mol. The highest BCUT2D eigenvalue weighted by Crippen LogP contribution is 2.52. The molecule has 8 heterocycles. The van der Waals surface area contributed by atoms with Crippen molar-refractivity contribution in [3.8, 4) is 101 Å². The zero-order valence-corrected chi connectivity index (χ0v) is 58.9. The summed E-state index contributed by atoms with van der Waals surface area (Å²) in [5.41, 5.74) is 30.5. The van der Waals surface area contributed by atoms with Gasteiger partial charge in [-0.05, 0) is 145 Å². The van der Waals surface area contributed by atoms with Gasteiger partial charge in [-0.3, -0.25) is 14.1 Å². The predicted octanol–water partition coefficient (Wildman–Crippen LogP) is 21.4. The summed E-state index contributed by atoms with van der Waals surface area (Å²) in [4.78, 5) is 54.5. The van der Waals surface area contributed by atoms with Crippen molar-refractivity contribution in [2.45, 2.75) is 44.4 Å². The molecule has 506 valence electrons. The van der Waals surface area contributed by atoms with Crippen LogP contribution >= 0.6 is 0 Å². The first-order valence-electron chi connectivity index (χ1n) is 36.1. The Morgan fingerprint density at radius 2 is 0.701 bits per heavy atom. The third-order valence-electron chi connectivity index (χ3n) is 21.7. The molecule has 0 fully saturated rings. The maximum Gasteiger partial charge on any atom is 0.198 e. The van der Waals surface area contributed by atoms with E-state index in [0.29, 0.717) is 40.1 Å². The molecule has 18 aromatic rings. The lowest BCUT2D eigenvalue weighted by molar-refractivity contribution is 0.660. The van der Waals surface area contributed by atoms with Crippen molar-refractivity contribution >= 4 is 55.9 Å². The minimum Gasteiger partial charge on any atom is -0.275 e. The molecule has 3 aliphatic rings. The molecule has 0 bridgehead atoms. The van der Waals surface area contributed by atoms with E-state index in [1.54, 1.807) is 37.2 Å². The highest BCUT2D eigenvalue weighted by molar-refractivity contribution is 6.14. The minimum absolute atomic E-state index is 0.111. The van der Waals surface area contributed by atoms with Crippen molar-refractivity contribution in [2.24, 2.45) is 4.99 Å². The van der Waals surface area contributed by atoms with Gasteiger partial charge < -0.3 is 0 Å². The van der Waals surface area contributed by atoms with E-state index in [1.807, 2.05) is 88.0 Å². The second-order valence-corrected chi connectivity index (χ2v) is 28.6. The molecule has 13 nitrogen and oxygen atoms in total. The fourth-order valence-corrected chi connectivity index (χ4v) is 16.5. The molecule has 2 aliphatic carbocycles. The number of pyridine rings is 2. The summed E-state index contributed by atoms with van der Waals surface area (Å²) in [5, 5.41) is 2.19. The van der Waals surface area contributed by atoms with E-state index in [1.165, 1.54) is 44.5 Å². The molecular weight excluding hydrogens is 1310 g/mol. The van der Waals surface area contributed by atoms with E-state index < -0.39 is 0 Å². The van der Waals surface area contributed by atoms with Crippen LogP contribution in [0.25, 0.3) is 146 Å². The lowest BCUT2D eigenvalue weighted by Crippen LogP contribution is -2.15. The van der Waals surface area contributed by atoms with E-state index >= 15 is 0 Å². The molecule has 0 N–H and O–H groups in total. The monoisotopic (exact) mass is 1380 g/mol. The Bertz CT molecular complexity index is 6280. The largest absolute Gasteiger partial charge is 0.275 e. The average Bonchev–Trinajstić information content (AvgIpc) is 1.70. The Labute approximate surface area is 617 Å². The van der Waals surface area contributed by atoms with Crippen molar-refractivity contribution in [1.82, 2.24) is 59.0 Å². The van der Waals surface area contributed by atoms with Gasteiger partial charge in [-0.25, -0.2) is 49.8 Å². The van der Waals surface area contributed by atoms with Gasteiger partial charge in [0.2, 0.25) is 0 Å². The van der Waals surface area contributed by atoms with E-state index in [-0.39, 0.29) is 16.7 Å². The molecule has 11 aromatic carbocycles. The summed E-state index contributed by atoms with van der Waals surface area (Å²) in [5.74, 6) is 1.70. The van der Waals surface area contributed by atoms with Gasteiger partial charge in [0.1, 0.15) is 11.6 Å². The quantitative estimate of drug-likeness (QED) is 0.121. The molecule has 107 heavy (non-hydrogen) atoms. The van der Waals surface area contributed by atoms with Gasteiger partial charge in [-0.2, -0.15) is 0 Å². The van der Waals surface area contributed by atoms with Crippen LogP contribution in [0.2, 0.25) is 0 Å². The van der Waals surface area contributed by atoms with Gasteiger partial charge in [-0.15, -0.1) is 0 Å². The highest BCUT2D eigenvalue weighted by atomic mass is 15.2. The number of nitrogens with zero attached hydrogens (tertiary/aromatic N) is 13. The summed E-state index contributed by atoms with van der Waals surface area (Å²) < 4.78 is 4.08. The van der Waals surface area contributed by atoms with Crippen LogP contribution in [0, 0.1) is 0 Å². The third-order valence-corrected chi connectivity index (χ3v) is 21.7. The zero-order chi connectivity index (χ0) is 71.5. The van der Waals surface area contributed by atoms with E-state index in [0.717, 1.165) is 112 Å². The summed E-state index contributed by atoms with van der Waals surface area (Å²) in [6, 6.07) is 98.8. The van der Waals surface area contributed by atoms with Gasteiger partial charge >= 0.3 is 0 Å². The first-order chi connectivity index (χ1) is 52.6. The Balaban J connectivity index is 0.000000142. The number of aliphatic imine (C=N–C) groups is 1. The second-order valence-electron chi connectivity index (χ2n) is 28.6. The van der Waals surface area contributed by atoms with E-state index in [9.17, 15) is 0 Å². The van der Waals surface area contributed by atoms with Gasteiger partial charge in [-0.1, -0.05) is 240 Å². The molecule has 0 amide bonds. The van der Waals surface area contributed by atoms with Crippen molar-refractivity contribution < 1.29 is 0 Å². The molecule has 0 radical (unpaired) electrons. The summed E-state index contributed by atoms with van der Waals surface area (Å²) in [7, 11) is 0. The van der Waals surface area contributed by atoms with Crippen LogP contribution in [0.5, 0.6) is 0 Å². The topological polar surface area (TPSA) is 151 Å². The van der Waals surface area contributed by atoms with Crippen molar-refractivity contribution in [3.63, 3.8) is 0 Å². The number of benzene rings is 11. The number of hydrogen-bond donors (Lipinski definition) is 0. The number of rotatable bonds is 10. The van der Waals surface area contributed by atoms with Gasteiger partial charge in [0.05, 0.1) is 39.7 Å². The fourth-order valence-electron chi connectivity index (χ4n) is 16.5. The normalized spacial score (nSPS) is 14.1. The first-order valence-corrected chi connectivity index (χ1v) is 36.1. The predicted molar refractivity (Wildman–Crippen MR) is 428 cm³/mol. The lowest BCUT2D eigenvalue weighted by atomic mass is 9.81. The van der Waals surface area contributed by atoms with E-state index in [4.69, 9.17) is 39.9 Å². The van der Waals surface area contributed by atoms with E-state index in [2.05, 4.69) is 243 Å². The molecular formula is C94H65N13. The summed E-state index contributed by atoms with van der Waals surface area (Å²) >= 11 is 0. The Morgan fingerprint density at radius 3 is 1.19 bits per heavy atom. The third kappa shape index (κ3) is 10.4. The molecule has 0 saturated heterocycles. The SMILES string of the molecule is CC1(C)c2ccccc2-c2ccc(-c3cc(-c4ccccc4)c4ccc5c(-c6ccccc6)cc(-c6ccc7c(c6)C(C)(C)c6ccccc6-7)nc5c4n3)cc21.c1ccc(C2C(c3cc(-c4nc5nccnc5n4-c4ccccc4)cc(-c4nc5nccnc5n4-c4ccccc4)c3)=Nc3nccnc32)cc1. The molecule has 1 atom stereocenters. The van der Waals surface area contributed by atoms with Crippen LogP contribution in [0.15, 0.2) is 321 Å². The van der Waals surface area contributed by atoms with Crippen LogP contribution in [0.1, 0.15) is 72.7 Å². The van der Waals surface area contributed by atoms with Crippen LogP contribution in [-0.2, 0) is 10.8 Å². The number of hydrogen-bond acceptors (Lipinski definition) is 11. The number of imidazole rings is 2. The zero-order valence-electron chi connectivity index (χ0n) is 58.9. The highest BCUT2D eigenvalue weighted by Gasteiger charge is 2.38. The summed E-state index contributed by atoms with van der Waals surface area (Å²) in [6.45, 7) is 9.36. The van der Waals surface area contributed by atoms with Crippen molar-refractivity contribution in [3.05, 3.63) is 355 Å². The Morgan fingerprint density at radius 1 is 0.299 bits per heavy atom. The van der Waals surface area contributed by atoms with Crippen LogP contribution < -0.4 is 0 Å². The van der Waals surface area contributed by atoms with Gasteiger partial charge in [0.15, 0.2) is 28.4 Å². The first kappa shape index (κ1) is 62.8. The molecule has 13 heteroatoms. The minimum atomic E-state index is -0.245. The number of fused-ring (bicyclic) bond motifs is 12. The fraction of sp³-hybridized carbons (Fsp3) is 0.0745. The number of para-hydroxylation sites is 2. The maximum absolute atomic E-state index is 5.60. The smallest absolute Gasteiger partial charge is 0.198 e. The van der Waals surface area contributed by atoms with Gasteiger partial charge in [0.25, 0.3) is 0 Å². The van der Waals surface area contributed by atoms with Crippen LogP contribution in [-0.4, -0.2) is 64.7 Å². The Kier molecular flexibility index (Phi) is 14.6. The molecule has 0 saturated carbocycles. The van der Waals surface area contributed by atoms with Crippen LogP contribution in [0.4, 0.5) is 5.82 Å². The Hall–Kier alpha value is -13.9. The number of aromatic nitrogens is 12. The van der Waals surface area contributed by atoms with Crippen molar-refractivity contribution in [2.75, 3.05) is 0 Å². The molecule has 1 unspecified atom stereocenters. The summed E-state index contributed by atoms with van der Waals surface area (Å²) in [6.07, 6.45) is 10.1. The maximum atomic E-state index is 5.60. The molecule has 0 spiro atoms. The van der Waals surface area contributed by atoms with Crippen molar-refractivity contribution in [1.29, 1.82) is 0 Å². The lowest BCUT2D eigenvalue weighted by Gasteiger charge is -2.22.